The van der Waals surface area contributed by atoms with Crippen LogP contribution in [0.25, 0.3) is 17.0 Å². The molecule has 0 aliphatic rings. The van der Waals surface area contributed by atoms with Crippen LogP contribution in [-0.2, 0) is 6.54 Å². The summed E-state index contributed by atoms with van der Waals surface area (Å²) in [6.45, 7) is 6.01. The number of amides is 1. The first-order valence-corrected chi connectivity index (χ1v) is 8.01. The maximum Gasteiger partial charge on any atom is 0.263 e. The van der Waals surface area contributed by atoms with Gasteiger partial charge in [0.15, 0.2) is 0 Å². The van der Waals surface area contributed by atoms with E-state index in [2.05, 4.69) is 11.9 Å². The summed E-state index contributed by atoms with van der Waals surface area (Å²) in [6, 6.07) is 14.1. The number of carbonyl (C=O) groups is 1. The Balaban J connectivity index is 2.06. The second-order valence-electron chi connectivity index (χ2n) is 5.67. The lowest BCUT2D eigenvalue weighted by atomic mass is 10.1. The number of hydrogen-bond acceptors (Lipinski definition) is 3. The average Bonchev–Trinajstić information content (AvgIpc) is 2.62. The van der Waals surface area contributed by atoms with Crippen LogP contribution >= 0.6 is 0 Å². The van der Waals surface area contributed by atoms with Crippen LogP contribution in [0.1, 0.15) is 22.8 Å². The predicted octanol–water partition coefficient (Wildman–Crippen LogP) is 3.50. The van der Waals surface area contributed by atoms with Gasteiger partial charge in [-0.15, -0.1) is 0 Å². The lowest BCUT2D eigenvalue weighted by molar-refractivity contribution is 0.102. The van der Waals surface area contributed by atoms with E-state index >= 15 is 0 Å². The predicted molar refractivity (Wildman–Crippen MR) is 103 cm³/mol. The zero-order valence-electron chi connectivity index (χ0n) is 14.0. The fraction of sp³-hybridized carbons (Fsp3) is 0.100. The number of pyridine rings is 1. The third-order valence-electron chi connectivity index (χ3n) is 4.14. The highest BCUT2D eigenvalue weighted by Gasteiger charge is 2.16. The molecule has 0 saturated carbocycles. The van der Waals surface area contributed by atoms with Crippen molar-refractivity contribution >= 4 is 34.3 Å². The molecule has 0 radical (unpaired) electrons. The molecule has 1 amide bonds. The molecule has 0 saturated heterocycles. The molecule has 1 heterocycles. The molecule has 5 heteroatoms. The number of rotatable bonds is 4. The van der Waals surface area contributed by atoms with Gasteiger partial charge in [-0.05, 0) is 42.8 Å². The molecular formula is C20H19N3O2. The van der Waals surface area contributed by atoms with Crippen molar-refractivity contribution < 1.29 is 4.79 Å². The number of nitrogens with zero attached hydrogens (tertiary/aromatic N) is 1. The maximum atomic E-state index is 12.7. The van der Waals surface area contributed by atoms with Crippen LogP contribution in [0.2, 0.25) is 0 Å². The number of fused-ring (bicyclic) bond motifs is 1. The lowest BCUT2D eigenvalue weighted by Gasteiger charge is -2.12. The van der Waals surface area contributed by atoms with E-state index in [4.69, 9.17) is 5.73 Å². The van der Waals surface area contributed by atoms with E-state index in [0.717, 1.165) is 11.1 Å². The van der Waals surface area contributed by atoms with Crippen LogP contribution in [0.3, 0.4) is 0 Å². The first kappa shape index (κ1) is 16.5. The number of anilines is 2. The highest BCUT2D eigenvalue weighted by atomic mass is 16.2. The van der Waals surface area contributed by atoms with E-state index in [1.54, 1.807) is 41.0 Å². The molecule has 25 heavy (non-hydrogen) atoms. The van der Waals surface area contributed by atoms with Crippen LogP contribution in [0.5, 0.6) is 0 Å². The van der Waals surface area contributed by atoms with Crippen molar-refractivity contribution in [1.29, 1.82) is 0 Å². The summed E-state index contributed by atoms with van der Waals surface area (Å²) >= 11 is 0. The number of nitrogens with two attached hydrogens (primary N) is 1. The summed E-state index contributed by atoms with van der Waals surface area (Å²) in [5.74, 6) is -0.455. The van der Waals surface area contributed by atoms with E-state index in [-0.39, 0.29) is 11.1 Å². The molecule has 0 atom stereocenters. The molecule has 1 aromatic heterocycles. The summed E-state index contributed by atoms with van der Waals surface area (Å²) < 4.78 is 1.56. The number of nitrogen functional groups attached to an aromatic ring is 1. The standard InChI is InChI=1S/C20H19N3O2/c1-3-13-8-10-14(11-9-13)22-19(24)16-12-15-17(21)6-5-7-18(15)23(4-2)20(16)25/h3,5-12H,1,4,21H2,2H3,(H,22,24). The summed E-state index contributed by atoms with van der Waals surface area (Å²) in [6.07, 6.45) is 1.72. The van der Waals surface area contributed by atoms with Gasteiger partial charge in [0, 0.05) is 23.3 Å². The average molecular weight is 333 g/mol. The van der Waals surface area contributed by atoms with Crippen molar-refractivity contribution in [3.8, 4) is 0 Å². The molecule has 3 aromatic rings. The molecule has 2 aromatic carbocycles. The third-order valence-corrected chi connectivity index (χ3v) is 4.14. The van der Waals surface area contributed by atoms with Crippen molar-refractivity contribution in [3.05, 3.63) is 76.6 Å². The summed E-state index contributed by atoms with van der Waals surface area (Å²) in [5.41, 5.74) is 8.58. The lowest BCUT2D eigenvalue weighted by Crippen LogP contribution is -2.29. The Morgan fingerprint density at radius 3 is 2.60 bits per heavy atom. The van der Waals surface area contributed by atoms with Crippen LogP contribution < -0.4 is 16.6 Å². The summed E-state index contributed by atoms with van der Waals surface area (Å²) in [4.78, 5) is 25.3. The van der Waals surface area contributed by atoms with Crippen LogP contribution in [0.15, 0.2) is 59.9 Å². The zero-order chi connectivity index (χ0) is 18.0. The third kappa shape index (κ3) is 3.04. The molecule has 0 unspecified atom stereocenters. The number of nitrogens with one attached hydrogen (secondary N) is 1. The normalized spacial score (nSPS) is 10.6. The SMILES string of the molecule is C=Cc1ccc(NC(=O)c2cc3c(N)cccc3n(CC)c2=O)cc1. The number of hydrogen-bond donors (Lipinski definition) is 2. The Kier molecular flexibility index (Phi) is 4.39. The van der Waals surface area contributed by atoms with Crippen molar-refractivity contribution in [2.24, 2.45) is 0 Å². The summed E-state index contributed by atoms with van der Waals surface area (Å²) in [5, 5.41) is 3.45. The number of aryl methyl sites for hydroxylation is 1. The minimum Gasteiger partial charge on any atom is -0.398 e. The molecule has 0 fully saturated rings. The number of benzene rings is 2. The Hall–Kier alpha value is -3.34. The monoisotopic (exact) mass is 333 g/mol. The first-order chi connectivity index (χ1) is 12.0. The quantitative estimate of drug-likeness (QED) is 0.717. The molecule has 3 rings (SSSR count). The minimum absolute atomic E-state index is 0.0695. The van der Waals surface area contributed by atoms with Crippen LogP contribution in [0.4, 0.5) is 11.4 Å². The van der Waals surface area contributed by atoms with Crippen molar-refractivity contribution in [2.45, 2.75) is 13.5 Å². The van der Waals surface area contributed by atoms with Crippen LogP contribution in [0, 0.1) is 0 Å². The van der Waals surface area contributed by atoms with Gasteiger partial charge in [0.2, 0.25) is 0 Å². The van der Waals surface area contributed by atoms with Gasteiger partial charge in [-0.3, -0.25) is 9.59 Å². The first-order valence-electron chi connectivity index (χ1n) is 8.01. The van der Waals surface area contributed by atoms with Gasteiger partial charge in [0.05, 0.1) is 5.52 Å². The minimum atomic E-state index is -0.455. The topological polar surface area (TPSA) is 77.1 Å². The fourth-order valence-corrected chi connectivity index (χ4v) is 2.80. The van der Waals surface area contributed by atoms with Gasteiger partial charge in [0.25, 0.3) is 11.5 Å². The zero-order valence-corrected chi connectivity index (χ0v) is 14.0. The number of aromatic nitrogens is 1. The molecule has 0 aliphatic heterocycles. The second-order valence-corrected chi connectivity index (χ2v) is 5.67. The molecular weight excluding hydrogens is 314 g/mol. The maximum absolute atomic E-state index is 12.7. The van der Waals surface area contributed by atoms with E-state index < -0.39 is 5.91 Å². The van der Waals surface area contributed by atoms with E-state index in [1.807, 2.05) is 25.1 Å². The van der Waals surface area contributed by atoms with Gasteiger partial charge >= 0.3 is 0 Å². The van der Waals surface area contributed by atoms with Gasteiger partial charge < -0.3 is 15.6 Å². The van der Waals surface area contributed by atoms with E-state index in [1.165, 1.54) is 0 Å². The molecule has 0 aliphatic carbocycles. The Morgan fingerprint density at radius 2 is 1.96 bits per heavy atom. The summed E-state index contributed by atoms with van der Waals surface area (Å²) in [7, 11) is 0. The Bertz CT molecular complexity index is 1020. The highest BCUT2D eigenvalue weighted by molar-refractivity contribution is 6.07. The van der Waals surface area contributed by atoms with E-state index in [9.17, 15) is 9.59 Å². The van der Waals surface area contributed by atoms with Crippen LogP contribution in [-0.4, -0.2) is 10.5 Å². The van der Waals surface area contributed by atoms with Crippen molar-refractivity contribution in [3.63, 3.8) is 0 Å². The fourth-order valence-electron chi connectivity index (χ4n) is 2.80. The van der Waals surface area contributed by atoms with Gasteiger partial charge in [-0.25, -0.2) is 0 Å². The molecule has 3 N–H and O–H groups in total. The van der Waals surface area contributed by atoms with Gasteiger partial charge in [0.1, 0.15) is 5.56 Å². The van der Waals surface area contributed by atoms with Crippen molar-refractivity contribution in [2.75, 3.05) is 11.1 Å². The number of carbonyl (C=O) groups excluding carboxylic acids is 1. The molecule has 0 bridgehead atoms. The van der Waals surface area contributed by atoms with Gasteiger partial charge in [-0.2, -0.15) is 0 Å². The second kappa shape index (κ2) is 6.65. The molecule has 5 nitrogen and oxygen atoms in total. The Morgan fingerprint density at radius 1 is 1.24 bits per heavy atom. The molecule has 126 valence electrons. The molecule has 0 spiro atoms. The smallest absolute Gasteiger partial charge is 0.263 e. The van der Waals surface area contributed by atoms with E-state index in [0.29, 0.717) is 23.3 Å². The highest BCUT2D eigenvalue weighted by Crippen LogP contribution is 2.21. The largest absolute Gasteiger partial charge is 0.398 e. The van der Waals surface area contributed by atoms with Crippen molar-refractivity contribution in [1.82, 2.24) is 4.57 Å². The Labute approximate surface area is 145 Å². The van der Waals surface area contributed by atoms with Gasteiger partial charge in [-0.1, -0.05) is 30.9 Å².